The molecule has 88 valence electrons. The molecule has 0 radical (unpaired) electrons. The third-order valence-electron chi connectivity index (χ3n) is 3.65. The molecule has 0 bridgehead atoms. The summed E-state index contributed by atoms with van der Waals surface area (Å²) >= 11 is 0. The molecule has 3 rings (SSSR count). The van der Waals surface area contributed by atoms with Crippen molar-refractivity contribution in [2.45, 2.75) is 31.4 Å². The second kappa shape index (κ2) is 4.34. The van der Waals surface area contributed by atoms with Crippen LogP contribution in [0.1, 0.15) is 24.8 Å². The molecule has 0 amide bonds. The molecule has 0 N–H and O–H groups in total. The lowest BCUT2D eigenvalue weighted by Crippen LogP contribution is -2.49. The van der Waals surface area contributed by atoms with Gasteiger partial charge in [-0.05, 0) is 31.4 Å². The molecule has 1 aromatic rings. The van der Waals surface area contributed by atoms with Crippen molar-refractivity contribution in [3.05, 3.63) is 23.9 Å². The van der Waals surface area contributed by atoms with Gasteiger partial charge in [0.05, 0.1) is 24.3 Å². The maximum atomic E-state index is 8.77. The van der Waals surface area contributed by atoms with Gasteiger partial charge in [0.1, 0.15) is 11.9 Å². The van der Waals surface area contributed by atoms with Gasteiger partial charge in [-0.25, -0.2) is 4.98 Å². The van der Waals surface area contributed by atoms with Gasteiger partial charge in [-0.2, -0.15) is 5.26 Å². The Morgan fingerprint density at radius 2 is 2.35 bits per heavy atom. The second-order valence-electron chi connectivity index (χ2n) is 4.62. The average Bonchev–Trinajstić information content (AvgIpc) is 2.87. The van der Waals surface area contributed by atoms with Gasteiger partial charge in [0.25, 0.3) is 0 Å². The Bertz CT molecular complexity index is 437. The molecule has 1 aromatic heterocycles. The van der Waals surface area contributed by atoms with E-state index in [9.17, 15) is 0 Å². The average molecular weight is 229 g/mol. The van der Waals surface area contributed by atoms with E-state index in [0.29, 0.717) is 17.7 Å². The summed E-state index contributed by atoms with van der Waals surface area (Å²) in [6.45, 7) is 1.68. The minimum atomic E-state index is 0.376. The topological polar surface area (TPSA) is 49.2 Å². The molecule has 0 aromatic carbocycles. The molecule has 1 aliphatic carbocycles. The number of hydrogen-bond donors (Lipinski definition) is 0. The van der Waals surface area contributed by atoms with E-state index in [1.54, 1.807) is 6.20 Å². The molecule has 2 fully saturated rings. The Morgan fingerprint density at radius 1 is 1.41 bits per heavy atom. The number of aromatic nitrogens is 1. The van der Waals surface area contributed by atoms with Crippen molar-refractivity contribution in [2.75, 3.05) is 18.1 Å². The van der Waals surface area contributed by atoms with Crippen LogP contribution >= 0.6 is 0 Å². The van der Waals surface area contributed by atoms with Gasteiger partial charge < -0.3 is 9.64 Å². The van der Waals surface area contributed by atoms with Crippen LogP contribution in [0.4, 0.5) is 5.82 Å². The number of pyridine rings is 1. The zero-order chi connectivity index (χ0) is 11.7. The molecule has 2 unspecified atom stereocenters. The molecule has 17 heavy (non-hydrogen) atoms. The van der Waals surface area contributed by atoms with Crippen LogP contribution in [0, 0.1) is 11.3 Å². The number of anilines is 1. The first-order chi connectivity index (χ1) is 8.38. The minimum Gasteiger partial charge on any atom is -0.374 e. The van der Waals surface area contributed by atoms with E-state index in [2.05, 4.69) is 16.0 Å². The minimum absolute atomic E-state index is 0.376. The molecule has 4 heteroatoms. The van der Waals surface area contributed by atoms with E-state index >= 15 is 0 Å². The summed E-state index contributed by atoms with van der Waals surface area (Å²) in [5.74, 6) is 0.976. The van der Waals surface area contributed by atoms with Gasteiger partial charge in [-0.1, -0.05) is 0 Å². The Labute approximate surface area is 101 Å². The number of nitriles is 1. The van der Waals surface area contributed by atoms with Crippen LogP contribution in [-0.2, 0) is 4.74 Å². The van der Waals surface area contributed by atoms with Gasteiger partial charge in [-0.15, -0.1) is 0 Å². The second-order valence-corrected chi connectivity index (χ2v) is 4.62. The summed E-state index contributed by atoms with van der Waals surface area (Å²) in [4.78, 5) is 6.72. The van der Waals surface area contributed by atoms with Crippen LogP contribution in [0.25, 0.3) is 0 Å². The van der Waals surface area contributed by atoms with Crippen molar-refractivity contribution in [3.63, 3.8) is 0 Å². The van der Waals surface area contributed by atoms with Crippen LogP contribution in [0.5, 0.6) is 0 Å². The van der Waals surface area contributed by atoms with Crippen molar-refractivity contribution in [1.29, 1.82) is 5.26 Å². The van der Waals surface area contributed by atoms with Gasteiger partial charge in [0.15, 0.2) is 0 Å². The Kier molecular flexibility index (Phi) is 2.69. The van der Waals surface area contributed by atoms with Crippen molar-refractivity contribution >= 4 is 5.82 Å². The zero-order valence-corrected chi connectivity index (χ0v) is 9.67. The van der Waals surface area contributed by atoms with E-state index in [1.807, 2.05) is 12.1 Å². The number of ether oxygens (including phenoxy) is 1. The summed E-state index contributed by atoms with van der Waals surface area (Å²) in [5.41, 5.74) is 0.616. The van der Waals surface area contributed by atoms with Crippen molar-refractivity contribution < 1.29 is 4.74 Å². The third kappa shape index (κ3) is 1.87. The molecule has 1 saturated carbocycles. The van der Waals surface area contributed by atoms with E-state index < -0.39 is 0 Å². The van der Waals surface area contributed by atoms with Gasteiger partial charge in [0.2, 0.25) is 0 Å². The monoisotopic (exact) mass is 229 g/mol. The van der Waals surface area contributed by atoms with Crippen molar-refractivity contribution in [1.82, 2.24) is 4.98 Å². The summed E-state index contributed by atoms with van der Waals surface area (Å²) in [6.07, 6.45) is 5.61. The molecule has 2 heterocycles. The summed E-state index contributed by atoms with van der Waals surface area (Å²) < 4.78 is 5.78. The highest BCUT2D eigenvalue weighted by atomic mass is 16.5. The number of nitrogens with zero attached hydrogens (tertiary/aromatic N) is 3. The first kappa shape index (κ1) is 10.5. The van der Waals surface area contributed by atoms with Crippen LogP contribution in [0.3, 0.4) is 0 Å². The fourth-order valence-electron chi connectivity index (χ4n) is 2.83. The quantitative estimate of drug-likeness (QED) is 0.735. The van der Waals surface area contributed by atoms with E-state index in [4.69, 9.17) is 10.00 Å². The summed E-state index contributed by atoms with van der Waals surface area (Å²) in [6, 6.07) is 6.35. The lowest BCUT2D eigenvalue weighted by atomic mass is 10.1. The van der Waals surface area contributed by atoms with Gasteiger partial charge in [-0.3, -0.25) is 0 Å². The smallest absolute Gasteiger partial charge is 0.128 e. The number of rotatable bonds is 1. The molecule has 2 aliphatic rings. The lowest BCUT2D eigenvalue weighted by molar-refractivity contribution is 0.0253. The highest BCUT2D eigenvalue weighted by Crippen LogP contribution is 2.32. The van der Waals surface area contributed by atoms with Crippen LogP contribution in [-0.4, -0.2) is 30.3 Å². The predicted molar refractivity (Wildman–Crippen MR) is 63.7 cm³/mol. The maximum absolute atomic E-state index is 8.77. The zero-order valence-electron chi connectivity index (χ0n) is 9.67. The number of hydrogen-bond acceptors (Lipinski definition) is 4. The Balaban J connectivity index is 1.84. The third-order valence-corrected chi connectivity index (χ3v) is 3.65. The number of morpholine rings is 1. The van der Waals surface area contributed by atoms with E-state index in [-0.39, 0.29) is 0 Å². The fraction of sp³-hybridized carbons (Fsp3) is 0.538. The standard InChI is InChI=1S/C13H15N3O/c14-8-10-4-5-13(15-9-10)16-6-7-17-12-3-1-2-11(12)16/h4-5,9,11-12H,1-3,6-7H2. The Hall–Kier alpha value is -1.60. The van der Waals surface area contributed by atoms with Gasteiger partial charge >= 0.3 is 0 Å². The largest absolute Gasteiger partial charge is 0.374 e. The normalized spacial score (nSPS) is 27.6. The fourth-order valence-corrected chi connectivity index (χ4v) is 2.83. The first-order valence-electron chi connectivity index (χ1n) is 6.13. The SMILES string of the molecule is N#Cc1ccc(N2CCOC3CCCC32)nc1. The predicted octanol–water partition coefficient (Wildman–Crippen LogP) is 1.71. The highest BCUT2D eigenvalue weighted by molar-refractivity contribution is 5.44. The molecule has 1 aliphatic heterocycles. The lowest BCUT2D eigenvalue weighted by Gasteiger charge is -2.38. The first-order valence-corrected chi connectivity index (χ1v) is 6.13. The van der Waals surface area contributed by atoms with Crippen LogP contribution in [0.15, 0.2) is 18.3 Å². The van der Waals surface area contributed by atoms with Gasteiger partial charge in [0, 0.05) is 12.7 Å². The maximum Gasteiger partial charge on any atom is 0.128 e. The molecular weight excluding hydrogens is 214 g/mol. The van der Waals surface area contributed by atoms with Crippen LogP contribution < -0.4 is 4.90 Å². The summed E-state index contributed by atoms with van der Waals surface area (Å²) in [7, 11) is 0. The molecule has 0 spiro atoms. The van der Waals surface area contributed by atoms with Crippen LogP contribution in [0.2, 0.25) is 0 Å². The number of fused-ring (bicyclic) bond motifs is 1. The van der Waals surface area contributed by atoms with E-state index in [1.165, 1.54) is 12.8 Å². The molecule has 1 saturated heterocycles. The van der Waals surface area contributed by atoms with Crippen molar-refractivity contribution in [3.8, 4) is 6.07 Å². The molecular formula is C13H15N3O. The van der Waals surface area contributed by atoms with Crippen molar-refractivity contribution in [2.24, 2.45) is 0 Å². The highest BCUT2D eigenvalue weighted by Gasteiger charge is 2.36. The Morgan fingerprint density at radius 3 is 3.12 bits per heavy atom. The molecule has 2 atom stereocenters. The van der Waals surface area contributed by atoms with E-state index in [0.717, 1.165) is 25.4 Å². The summed E-state index contributed by atoms with van der Waals surface area (Å²) in [5, 5.41) is 8.77. The molecule has 4 nitrogen and oxygen atoms in total.